The van der Waals surface area contributed by atoms with Crippen molar-refractivity contribution in [3.8, 4) is 6.07 Å². The van der Waals surface area contributed by atoms with E-state index in [2.05, 4.69) is 37.3 Å². The molecule has 32 heavy (non-hydrogen) atoms. The molecule has 2 aliphatic carbocycles. The van der Waals surface area contributed by atoms with Crippen molar-refractivity contribution in [1.29, 1.82) is 5.26 Å². The summed E-state index contributed by atoms with van der Waals surface area (Å²) in [5.74, 6) is 3.99. The van der Waals surface area contributed by atoms with Crippen LogP contribution in [0.1, 0.15) is 102 Å². The van der Waals surface area contributed by atoms with E-state index in [1.807, 2.05) is 18.2 Å². The van der Waals surface area contributed by atoms with Crippen molar-refractivity contribution >= 4 is 0 Å². The fourth-order valence-electron chi connectivity index (χ4n) is 6.21. The molecule has 0 aromatic heterocycles. The molecule has 1 nitrogen and oxygen atoms in total. The zero-order chi connectivity index (χ0) is 22.4. The van der Waals surface area contributed by atoms with Crippen LogP contribution >= 0.6 is 0 Å². The van der Waals surface area contributed by atoms with E-state index in [0.717, 1.165) is 30.1 Å². The molecule has 2 saturated carbocycles. The van der Waals surface area contributed by atoms with Crippen LogP contribution in [0.5, 0.6) is 0 Å². The Morgan fingerprint density at radius 3 is 1.97 bits per heavy atom. The lowest BCUT2D eigenvalue weighted by atomic mass is 9.68. The highest BCUT2D eigenvalue weighted by Crippen LogP contribution is 2.43. The standard InChI is InChI=1S/C31H45N/c1-2-26-13-15-27(16-14-26)11-7-8-12-29-19-23-31(24-20-29)30-21-17-28(18-22-30)10-6-4-3-5-9-25-32/h3-5,9,13-16,28-31H,2,6-8,10-12,17-24H2,1H3/t28-,29-,30-,31-. The maximum Gasteiger partial charge on any atom is 0.0912 e. The fourth-order valence-corrected chi connectivity index (χ4v) is 6.21. The van der Waals surface area contributed by atoms with Crippen molar-refractivity contribution in [2.45, 2.75) is 103 Å². The van der Waals surface area contributed by atoms with Crippen LogP contribution in [0.15, 0.2) is 48.6 Å². The third kappa shape index (κ3) is 8.61. The highest BCUT2D eigenvalue weighted by molar-refractivity contribution is 5.22. The Bertz CT molecular complexity index is 719. The molecule has 0 radical (unpaired) electrons. The number of aryl methyl sites for hydroxylation is 2. The number of nitrogens with zero attached hydrogens (tertiary/aromatic N) is 1. The van der Waals surface area contributed by atoms with E-state index < -0.39 is 0 Å². The first-order valence-corrected chi connectivity index (χ1v) is 13.6. The lowest BCUT2D eigenvalue weighted by Gasteiger charge is -2.38. The zero-order valence-electron chi connectivity index (χ0n) is 20.5. The van der Waals surface area contributed by atoms with Gasteiger partial charge in [0.15, 0.2) is 0 Å². The molecular weight excluding hydrogens is 386 g/mol. The molecular formula is C31H45N. The predicted octanol–water partition coefficient (Wildman–Crippen LogP) is 8.99. The van der Waals surface area contributed by atoms with Gasteiger partial charge in [0.1, 0.15) is 0 Å². The molecule has 0 saturated heterocycles. The second-order valence-electron chi connectivity index (χ2n) is 10.5. The van der Waals surface area contributed by atoms with Crippen LogP contribution in [0, 0.1) is 35.0 Å². The van der Waals surface area contributed by atoms with Gasteiger partial charge in [0.25, 0.3) is 0 Å². The average molecular weight is 432 g/mol. The predicted molar refractivity (Wildman–Crippen MR) is 137 cm³/mol. The molecule has 0 N–H and O–H groups in total. The summed E-state index contributed by atoms with van der Waals surface area (Å²) in [5, 5.41) is 8.50. The summed E-state index contributed by atoms with van der Waals surface area (Å²) >= 11 is 0. The fraction of sp³-hybridized carbons (Fsp3) is 0.645. The summed E-state index contributed by atoms with van der Waals surface area (Å²) in [6.07, 6.45) is 28.6. The van der Waals surface area contributed by atoms with Crippen LogP contribution in [-0.2, 0) is 12.8 Å². The quantitative estimate of drug-likeness (QED) is 0.195. The molecule has 1 aromatic rings. The third-order valence-corrected chi connectivity index (χ3v) is 8.37. The molecule has 3 rings (SSSR count). The Balaban J connectivity index is 1.24. The molecule has 2 aliphatic rings. The maximum atomic E-state index is 8.50. The van der Waals surface area contributed by atoms with E-state index in [-0.39, 0.29) is 0 Å². The van der Waals surface area contributed by atoms with Gasteiger partial charge < -0.3 is 0 Å². The normalized spacial score (nSPS) is 26.5. The molecule has 1 heteroatoms. The van der Waals surface area contributed by atoms with Crippen molar-refractivity contribution < 1.29 is 0 Å². The first-order valence-electron chi connectivity index (χ1n) is 13.6. The Morgan fingerprint density at radius 1 is 0.781 bits per heavy atom. The van der Waals surface area contributed by atoms with E-state index in [1.54, 1.807) is 6.08 Å². The monoisotopic (exact) mass is 431 g/mol. The minimum Gasteiger partial charge on any atom is -0.193 e. The van der Waals surface area contributed by atoms with Crippen molar-refractivity contribution in [3.63, 3.8) is 0 Å². The minimum absolute atomic E-state index is 0.936. The molecule has 174 valence electrons. The van der Waals surface area contributed by atoms with Gasteiger partial charge in [-0.15, -0.1) is 0 Å². The van der Waals surface area contributed by atoms with Crippen LogP contribution in [0.25, 0.3) is 0 Å². The molecule has 0 spiro atoms. The lowest BCUT2D eigenvalue weighted by Crippen LogP contribution is -2.25. The Kier molecular flexibility index (Phi) is 11.1. The van der Waals surface area contributed by atoms with Crippen LogP contribution in [0.4, 0.5) is 0 Å². The van der Waals surface area contributed by atoms with Gasteiger partial charge in [-0.05, 0) is 92.6 Å². The highest BCUT2D eigenvalue weighted by atomic mass is 14.4. The molecule has 0 atom stereocenters. The summed E-state index contributed by atoms with van der Waals surface area (Å²) in [7, 11) is 0. The number of nitriles is 1. The van der Waals surface area contributed by atoms with E-state index in [9.17, 15) is 0 Å². The number of hydrogen-bond acceptors (Lipinski definition) is 1. The number of unbranched alkanes of at least 4 members (excludes halogenated alkanes) is 1. The first kappa shape index (κ1) is 24.8. The van der Waals surface area contributed by atoms with Gasteiger partial charge in [-0.1, -0.05) is 87.9 Å². The molecule has 0 heterocycles. The largest absolute Gasteiger partial charge is 0.193 e. The second-order valence-corrected chi connectivity index (χ2v) is 10.5. The molecule has 1 aromatic carbocycles. The maximum absolute atomic E-state index is 8.50. The lowest BCUT2D eigenvalue weighted by molar-refractivity contribution is 0.140. The Labute approximate surface area is 198 Å². The van der Waals surface area contributed by atoms with Crippen LogP contribution in [0.3, 0.4) is 0 Å². The van der Waals surface area contributed by atoms with Gasteiger partial charge in [0.05, 0.1) is 6.07 Å². The van der Waals surface area contributed by atoms with Gasteiger partial charge in [0, 0.05) is 6.08 Å². The van der Waals surface area contributed by atoms with E-state index in [0.29, 0.717) is 0 Å². The van der Waals surface area contributed by atoms with Crippen LogP contribution < -0.4 is 0 Å². The van der Waals surface area contributed by atoms with E-state index >= 15 is 0 Å². The highest BCUT2D eigenvalue weighted by Gasteiger charge is 2.30. The molecule has 2 fully saturated rings. The second kappa shape index (κ2) is 14.4. The smallest absolute Gasteiger partial charge is 0.0912 e. The number of hydrogen-bond donors (Lipinski definition) is 0. The van der Waals surface area contributed by atoms with Crippen molar-refractivity contribution in [3.05, 3.63) is 59.7 Å². The van der Waals surface area contributed by atoms with Gasteiger partial charge in [-0.2, -0.15) is 5.26 Å². The van der Waals surface area contributed by atoms with Crippen molar-refractivity contribution in [2.75, 3.05) is 0 Å². The molecule has 0 unspecified atom stereocenters. The average Bonchev–Trinajstić information content (AvgIpc) is 2.85. The number of allylic oxidation sites excluding steroid dienone is 4. The van der Waals surface area contributed by atoms with Crippen molar-refractivity contribution in [1.82, 2.24) is 0 Å². The molecule has 0 amide bonds. The van der Waals surface area contributed by atoms with Gasteiger partial charge >= 0.3 is 0 Å². The summed E-state index contributed by atoms with van der Waals surface area (Å²) in [5.41, 5.74) is 2.98. The molecule has 0 bridgehead atoms. The van der Waals surface area contributed by atoms with Crippen LogP contribution in [-0.4, -0.2) is 0 Å². The first-order chi connectivity index (χ1) is 15.8. The molecule has 0 aliphatic heterocycles. The SMILES string of the molecule is CCc1ccc(CCCC[C@H]2CC[C@H]([C@H]3CC[C@H](CCC=CC=CC#N)CC3)CC2)cc1. The summed E-state index contributed by atoms with van der Waals surface area (Å²) in [6.45, 7) is 2.23. The van der Waals surface area contributed by atoms with Crippen molar-refractivity contribution in [2.24, 2.45) is 23.7 Å². The Morgan fingerprint density at radius 2 is 1.38 bits per heavy atom. The number of rotatable bonds is 11. The summed E-state index contributed by atoms with van der Waals surface area (Å²) in [6, 6.07) is 11.3. The number of benzene rings is 1. The zero-order valence-corrected chi connectivity index (χ0v) is 20.5. The minimum atomic E-state index is 0.936. The Hall–Kier alpha value is -1.81. The summed E-state index contributed by atoms with van der Waals surface area (Å²) < 4.78 is 0. The van der Waals surface area contributed by atoms with Crippen LogP contribution in [0.2, 0.25) is 0 Å². The topological polar surface area (TPSA) is 23.8 Å². The van der Waals surface area contributed by atoms with E-state index in [4.69, 9.17) is 5.26 Å². The van der Waals surface area contributed by atoms with Gasteiger partial charge in [0.2, 0.25) is 0 Å². The van der Waals surface area contributed by atoms with Gasteiger partial charge in [-0.25, -0.2) is 0 Å². The summed E-state index contributed by atoms with van der Waals surface area (Å²) in [4.78, 5) is 0. The van der Waals surface area contributed by atoms with Gasteiger partial charge in [-0.3, -0.25) is 0 Å². The van der Waals surface area contributed by atoms with E-state index in [1.165, 1.54) is 101 Å². The third-order valence-electron chi connectivity index (χ3n) is 8.37.